The van der Waals surface area contributed by atoms with E-state index in [1.165, 1.54) is 6.07 Å². The van der Waals surface area contributed by atoms with Crippen molar-refractivity contribution in [2.45, 2.75) is 20.0 Å². The maximum atomic E-state index is 12.8. The summed E-state index contributed by atoms with van der Waals surface area (Å²) >= 11 is 0. The van der Waals surface area contributed by atoms with Crippen LogP contribution in [0.3, 0.4) is 0 Å². The first kappa shape index (κ1) is 16.1. The zero-order chi connectivity index (χ0) is 15.3. The van der Waals surface area contributed by atoms with Gasteiger partial charge in [0.1, 0.15) is 5.75 Å². The molecule has 1 amide bonds. The van der Waals surface area contributed by atoms with Crippen LogP contribution in [0.5, 0.6) is 5.75 Å². The molecule has 0 atom stereocenters. The third-order valence-electron chi connectivity index (χ3n) is 2.38. The van der Waals surface area contributed by atoms with E-state index < -0.39 is 30.0 Å². The van der Waals surface area contributed by atoms with E-state index in [1.54, 1.807) is 0 Å². The molecule has 0 saturated carbocycles. The zero-order valence-corrected chi connectivity index (χ0v) is 11.3. The molecule has 1 aromatic carbocycles. The summed E-state index contributed by atoms with van der Waals surface area (Å²) in [5.41, 5.74) is 4.32. The maximum Gasteiger partial charge on any atom is 0.420 e. The molecule has 1 rings (SSSR count). The lowest BCUT2D eigenvalue weighted by atomic mass is 10.1. The number of nitrogen functional groups attached to an aromatic ring is 1. The lowest BCUT2D eigenvalue weighted by Gasteiger charge is -2.14. The third-order valence-corrected chi connectivity index (χ3v) is 2.38. The Morgan fingerprint density at radius 2 is 2.05 bits per heavy atom. The average Bonchev–Trinajstić information content (AvgIpc) is 2.33. The van der Waals surface area contributed by atoms with Gasteiger partial charge in [0.05, 0.1) is 5.56 Å². The summed E-state index contributed by atoms with van der Waals surface area (Å²) in [4.78, 5) is 11.4. The maximum absolute atomic E-state index is 12.8. The number of ether oxygens (including phenoxy) is 1. The van der Waals surface area contributed by atoms with Gasteiger partial charge in [0, 0.05) is 12.2 Å². The first-order valence-corrected chi connectivity index (χ1v) is 6.06. The number of rotatable bonds is 5. The molecule has 0 saturated heterocycles. The Balaban J connectivity index is 2.71. The van der Waals surface area contributed by atoms with Crippen LogP contribution in [0.15, 0.2) is 18.2 Å². The fourth-order valence-electron chi connectivity index (χ4n) is 1.41. The number of hydrogen-bond donors (Lipinski definition) is 2. The summed E-state index contributed by atoms with van der Waals surface area (Å²) in [6.45, 7) is 3.78. The molecule has 0 bridgehead atoms. The van der Waals surface area contributed by atoms with Crippen LogP contribution in [-0.4, -0.2) is 19.1 Å². The molecule has 3 N–H and O–H groups in total. The number of alkyl halides is 3. The molecule has 0 aliphatic rings. The normalized spacial score (nSPS) is 11.5. The number of benzene rings is 1. The predicted molar refractivity (Wildman–Crippen MR) is 69.2 cm³/mol. The number of nitrogens with two attached hydrogens (primary N) is 1. The van der Waals surface area contributed by atoms with Gasteiger partial charge in [-0.1, -0.05) is 13.8 Å². The van der Waals surface area contributed by atoms with Crippen LogP contribution >= 0.6 is 0 Å². The predicted octanol–water partition coefficient (Wildman–Crippen LogP) is 2.44. The van der Waals surface area contributed by atoms with Crippen LogP contribution in [-0.2, 0) is 11.0 Å². The summed E-state index contributed by atoms with van der Waals surface area (Å²) in [6, 6.07) is 3.17. The Labute approximate surface area is 115 Å². The van der Waals surface area contributed by atoms with E-state index in [4.69, 9.17) is 10.5 Å². The van der Waals surface area contributed by atoms with Crippen LogP contribution in [0.2, 0.25) is 0 Å². The molecule has 4 nitrogen and oxygen atoms in total. The quantitative estimate of drug-likeness (QED) is 0.819. The van der Waals surface area contributed by atoms with Gasteiger partial charge < -0.3 is 15.8 Å². The highest BCUT2D eigenvalue weighted by molar-refractivity contribution is 5.77. The molecule has 0 spiro atoms. The van der Waals surface area contributed by atoms with E-state index in [0.29, 0.717) is 6.54 Å². The molecule has 1 aromatic rings. The standard InChI is InChI=1S/C13H17F3N2O2/c1-8(2)6-18-12(19)7-20-11-4-3-9(17)5-10(11)13(14,15)16/h3-5,8H,6-7,17H2,1-2H3,(H,18,19). The lowest BCUT2D eigenvalue weighted by Crippen LogP contribution is -2.32. The minimum atomic E-state index is -4.58. The van der Waals surface area contributed by atoms with Crippen molar-refractivity contribution in [3.05, 3.63) is 23.8 Å². The molecular weight excluding hydrogens is 273 g/mol. The van der Waals surface area contributed by atoms with Crippen LogP contribution < -0.4 is 15.8 Å². The fraction of sp³-hybridized carbons (Fsp3) is 0.462. The van der Waals surface area contributed by atoms with Crippen molar-refractivity contribution in [3.63, 3.8) is 0 Å². The Morgan fingerprint density at radius 3 is 2.60 bits per heavy atom. The summed E-state index contributed by atoms with van der Waals surface area (Å²) in [5.74, 6) is -0.628. The molecule has 0 radical (unpaired) electrons. The van der Waals surface area contributed by atoms with Crippen molar-refractivity contribution in [2.24, 2.45) is 5.92 Å². The van der Waals surface area contributed by atoms with Crippen molar-refractivity contribution in [2.75, 3.05) is 18.9 Å². The number of halogens is 3. The van der Waals surface area contributed by atoms with Crippen molar-refractivity contribution >= 4 is 11.6 Å². The minimum Gasteiger partial charge on any atom is -0.483 e. The second-order valence-electron chi connectivity index (χ2n) is 4.74. The number of hydrogen-bond acceptors (Lipinski definition) is 3. The first-order chi connectivity index (χ1) is 9.20. The van der Waals surface area contributed by atoms with Gasteiger partial charge in [0.2, 0.25) is 0 Å². The topological polar surface area (TPSA) is 64.3 Å². The van der Waals surface area contributed by atoms with Gasteiger partial charge in [-0.3, -0.25) is 4.79 Å². The molecule has 112 valence electrons. The van der Waals surface area contributed by atoms with Gasteiger partial charge in [-0.15, -0.1) is 0 Å². The first-order valence-electron chi connectivity index (χ1n) is 6.06. The van der Waals surface area contributed by atoms with E-state index in [0.717, 1.165) is 12.1 Å². The molecule has 0 aliphatic carbocycles. The van der Waals surface area contributed by atoms with Crippen molar-refractivity contribution in [3.8, 4) is 5.75 Å². The van der Waals surface area contributed by atoms with Gasteiger partial charge >= 0.3 is 6.18 Å². The average molecular weight is 290 g/mol. The van der Waals surface area contributed by atoms with Crippen LogP contribution in [0, 0.1) is 5.92 Å². The molecule has 0 fully saturated rings. The highest BCUT2D eigenvalue weighted by Crippen LogP contribution is 2.37. The highest BCUT2D eigenvalue weighted by atomic mass is 19.4. The second-order valence-corrected chi connectivity index (χ2v) is 4.74. The molecule has 7 heteroatoms. The summed E-state index contributed by atoms with van der Waals surface area (Å²) in [6.07, 6.45) is -4.58. The van der Waals surface area contributed by atoms with Crippen LogP contribution in [0.4, 0.5) is 18.9 Å². The second kappa shape index (κ2) is 6.49. The summed E-state index contributed by atoms with van der Waals surface area (Å²) in [7, 11) is 0. The Bertz CT molecular complexity index is 473. The van der Waals surface area contributed by atoms with E-state index in [9.17, 15) is 18.0 Å². The zero-order valence-electron chi connectivity index (χ0n) is 11.3. The smallest absolute Gasteiger partial charge is 0.420 e. The van der Waals surface area contributed by atoms with E-state index in [1.807, 2.05) is 13.8 Å². The number of nitrogens with one attached hydrogen (secondary N) is 1. The van der Waals surface area contributed by atoms with Gasteiger partial charge in [-0.2, -0.15) is 13.2 Å². The van der Waals surface area contributed by atoms with Gasteiger partial charge in [-0.25, -0.2) is 0 Å². The Kier molecular flexibility index (Phi) is 5.24. The highest BCUT2D eigenvalue weighted by Gasteiger charge is 2.34. The van der Waals surface area contributed by atoms with E-state index in [2.05, 4.69) is 5.32 Å². The molecule has 0 unspecified atom stereocenters. The molecule has 20 heavy (non-hydrogen) atoms. The number of amides is 1. The number of carbonyl (C=O) groups excluding carboxylic acids is 1. The number of anilines is 1. The molecule has 0 aliphatic heterocycles. The molecule has 0 heterocycles. The van der Waals surface area contributed by atoms with Crippen molar-refractivity contribution < 1.29 is 22.7 Å². The number of carbonyl (C=O) groups is 1. The van der Waals surface area contributed by atoms with Crippen LogP contribution in [0.25, 0.3) is 0 Å². The fourth-order valence-corrected chi connectivity index (χ4v) is 1.41. The monoisotopic (exact) mass is 290 g/mol. The largest absolute Gasteiger partial charge is 0.483 e. The van der Waals surface area contributed by atoms with Crippen molar-refractivity contribution in [1.29, 1.82) is 0 Å². The van der Waals surface area contributed by atoms with E-state index in [-0.39, 0.29) is 11.6 Å². The van der Waals surface area contributed by atoms with Gasteiger partial charge in [0.15, 0.2) is 6.61 Å². The molecule has 0 aromatic heterocycles. The SMILES string of the molecule is CC(C)CNC(=O)COc1ccc(N)cc1C(F)(F)F. The lowest BCUT2D eigenvalue weighted by molar-refractivity contribution is -0.139. The third kappa shape index (κ3) is 4.99. The Hall–Kier alpha value is -1.92. The summed E-state index contributed by atoms with van der Waals surface area (Å²) < 4.78 is 43.2. The minimum absolute atomic E-state index is 0.0195. The van der Waals surface area contributed by atoms with Crippen LogP contribution in [0.1, 0.15) is 19.4 Å². The summed E-state index contributed by atoms with van der Waals surface area (Å²) in [5, 5.41) is 2.55. The van der Waals surface area contributed by atoms with Gasteiger partial charge in [0.25, 0.3) is 5.91 Å². The van der Waals surface area contributed by atoms with E-state index >= 15 is 0 Å². The van der Waals surface area contributed by atoms with Gasteiger partial charge in [-0.05, 0) is 24.1 Å². The Morgan fingerprint density at radius 1 is 1.40 bits per heavy atom. The molecular formula is C13H17F3N2O2. The van der Waals surface area contributed by atoms with Crippen molar-refractivity contribution in [1.82, 2.24) is 5.32 Å².